The molecule has 27 heavy (non-hydrogen) atoms. The van der Waals surface area contributed by atoms with Gasteiger partial charge in [0.1, 0.15) is 0 Å². The number of non-ortho nitro benzene ring substituents is 1. The van der Waals surface area contributed by atoms with Crippen LogP contribution in [0.2, 0.25) is 0 Å². The van der Waals surface area contributed by atoms with Crippen molar-refractivity contribution in [2.75, 3.05) is 7.11 Å². The molecule has 144 valence electrons. The fourth-order valence-corrected chi connectivity index (χ4v) is 2.58. The van der Waals surface area contributed by atoms with Gasteiger partial charge in [0, 0.05) is 12.1 Å². The SMILES string of the molecule is COc1ccc([N+](=O)[O-])cc1O[C@H](C)C(=O)N[C@@H](C)CCc1ccccc1. The summed E-state index contributed by atoms with van der Waals surface area (Å²) >= 11 is 0. The number of carbonyl (C=O) groups excluding carboxylic acids is 1. The van der Waals surface area contributed by atoms with Crippen molar-refractivity contribution in [3.8, 4) is 11.5 Å². The van der Waals surface area contributed by atoms with Crippen LogP contribution in [-0.4, -0.2) is 30.1 Å². The molecule has 0 fully saturated rings. The lowest BCUT2D eigenvalue weighted by atomic mass is 10.1. The lowest BCUT2D eigenvalue weighted by Crippen LogP contribution is -2.41. The Balaban J connectivity index is 1.93. The van der Waals surface area contributed by atoms with E-state index in [-0.39, 0.29) is 23.4 Å². The van der Waals surface area contributed by atoms with E-state index in [0.717, 1.165) is 12.8 Å². The van der Waals surface area contributed by atoms with E-state index in [1.54, 1.807) is 6.92 Å². The molecule has 0 saturated heterocycles. The van der Waals surface area contributed by atoms with Crippen LogP contribution in [0.4, 0.5) is 5.69 Å². The number of hydrogen-bond acceptors (Lipinski definition) is 5. The lowest BCUT2D eigenvalue weighted by molar-refractivity contribution is -0.385. The maximum atomic E-state index is 12.4. The molecule has 0 saturated carbocycles. The molecule has 7 nitrogen and oxygen atoms in total. The number of hydrogen-bond donors (Lipinski definition) is 1. The van der Waals surface area contributed by atoms with Crippen LogP contribution in [0, 0.1) is 10.1 Å². The minimum absolute atomic E-state index is 0.0317. The molecule has 1 N–H and O–H groups in total. The smallest absolute Gasteiger partial charge is 0.273 e. The van der Waals surface area contributed by atoms with Gasteiger partial charge in [0.05, 0.1) is 18.1 Å². The summed E-state index contributed by atoms with van der Waals surface area (Å²) < 4.78 is 10.8. The minimum Gasteiger partial charge on any atom is -0.493 e. The molecule has 2 aromatic rings. The summed E-state index contributed by atoms with van der Waals surface area (Å²) in [5.41, 5.74) is 1.08. The van der Waals surface area contributed by atoms with Crippen molar-refractivity contribution >= 4 is 11.6 Å². The van der Waals surface area contributed by atoms with Crippen LogP contribution in [0.5, 0.6) is 11.5 Å². The molecule has 2 atom stereocenters. The molecule has 0 spiro atoms. The van der Waals surface area contributed by atoms with Crippen molar-refractivity contribution in [2.24, 2.45) is 0 Å². The average Bonchev–Trinajstić information content (AvgIpc) is 2.67. The van der Waals surface area contributed by atoms with E-state index in [4.69, 9.17) is 9.47 Å². The van der Waals surface area contributed by atoms with Crippen LogP contribution < -0.4 is 14.8 Å². The topological polar surface area (TPSA) is 90.7 Å². The third kappa shape index (κ3) is 5.99. The summed E-state index contributed by atoms with van der Waals surface area (Å²) in [6, 6.07) is 14.0. The van der Waals surface area contributed by atoms with Gasteiger partial charge in [-0.2, -0.15) is 0 Å². The van der Waals surface area contributed by atoms with Crippen LogP contribution in [0.25, 0.3) is 0 Å². The number of nitrogens with one attached hydrogen (secondary N) is 1. The van der Waals surface area contributed by atoms with E-state index >= 15 is 0 Å². The maximum Gasteiger partial charge on any atom is 0.273 e. The normalized spacial score (nSPS) is 12.7. The van der Waals surface area contributed by atoms with Crippen LogP contribution in [0.15, 0.2) is 48.5 Å². The van der Waals surface area contributed by atoms with E-state index in [0.29, 0.717) is 5.75 Å². The number of nitrogens with zero attached hydrogens (tertiary/aromatic N) is 1. The second-order valence-electron chi connectivity index (χ2n) is 6.29. The molecule has 0 heterocycles. The zero-order valence-electron chi connectivity index (χ0n) is 15.7. The molecule has 0 aliphatic heterocycles. The summed E-state index contributed by atoms with van der Waals surface area (Å²) in [4.78, 5) is 22.8. The number of aryl methyl sites for hydroxylation is 1. The Labute approximate surface area is 158 Å². The largest absolute Gasteiger partial charge is 0.493 e. The van der Waals surface area contributed by atoms with Crippen molar-refractivity contribution in [3.63, 3.8) is 0 Å². The third-order valence-corrected chi connectivity index (χ3v) is 4.13. The molecular weight excluding hydrogens is 348 g/mol. The first-order chi connectivity index (χ1) is 12.9. The zero-order valence-corrected chi connectivity index (χ0v) is 15.7. The van der Waals surface area contributed by atoms with Gasteiger partial charge in [-0.05, 0) is 38.3 Å². The predicted octanol–water partition coefficient (Wildman–Crippen LogP) is 3.51. The number of rotatable bonds is 9. The Bertz CT molecular complexity index is 779. The molecule has 0 aromatic heterocycles. The Morgan fingerprint density at radius 3 is 2.48 bits per heavy atom. The summed E-state index contributed by atoms with van der Waals surface area (Å²) in [5.74, 6) is 0.202. The van der Waals surface area contributed by atoms with Gasteiger partial charge in [0.15, 0.2) is 17.6 Å². The summed E-state index contributed by atoms with van der Waals surface area (Å²) in [6.07, 6.45) is 0.832. The number of benzene rings is 2. The van der Waals surface area contributed by atoms with Gasteiger partial charge in [-0.3, -0.25) is 14.9 Å². The highest BCUT2D eigenvalue weighted by Crippen LogP contribution is 2.31. The van der Waals surface area contributed by atoms with Gasteiger partial charge in [0.2, 0.25) is 0 Å². The quantitative estimate of drug-likeness (QED) is 0.537. The summed E-state index contributed by atoms with van der Waals surface area (Å²) in [5, 5.41) is 13.8. The molecule has 0 aliphatic carbocycles. The first kappa shape index (κ1) is 20.2. The second kappa shape index (κ2) is 9.56. The highest BCUT2D eigenvalue weighted by Gasteiger charge is 2.20. The van der Waals surface area contributed by atoms with E-state index in [9.17, 15) is 14.9 Å². The minimum atomic E-state index is -0.819. The highest BCUT2D eigenvalue weighted by atomic mass is 16.6. The van der Waals surface area contributed by atoms with Crippen LogP contribution in [-0.2, 0) is 11.2 Å². The first-order valence-corrected chi connectivity index (χ1v) is 8.74. The Morgan fingerprint density at radius 1 is 1.15 bits per heavy atom. The van der Waals surface area contributed by atoms with Crippen molar-refractivity contribution < 1.29 is 19.2 Å². The molecule has 2 aromatic carbocycles. The fourth-order valence-electron chi connectivity index (χ4n) is 2.58. The van der Waals surface area contributed by atoms with Gasteiger partial charge in [0.25, 0.3) is 11.6 Å². The van der Waals surface area contributed by atoms with Gasteiger partial charge >= 0.3 is 0 Å². The molecule has 0 unspecified atom stereocenters. The molecule has 7 heteroatoms. The van der Waals surface area contributed by atoms with Crippen LogP contribution >= 0.6 is 0 Å². The van der Waals surface area contributed by atoms with E-state index in [1.807, 2.05) is 25.1 Å². The van der Waals surface area contributed by atoms with Gasteiger partial charge in [-0.15, -0.1) is 0 Å². The van der Waals surface area contributed by atoms with Crippen LogP contribution in [0.1, 0.15) is 25.8 Å². The number of amides is 1. The lowest BCUT2D eigenvalue weighted by Gasteiger charge is -2.19. The second-order valence-corrected chi connectivity index (χ2v) is 6.29. The van der Waals surface area contributed by atoms with Crippen molar-refractivity contribution in [2.45, 2.75) is 38.8 Å². The number of ether oxygens (including phenoxy) is 2. The molecule has 0 bridgehead atoms. The van der Waals surface area contributed by atoms with Crippen molar-refractivity contribution in [3.05, 3.63) is 64.2 Å². The molecule has 0 radical (unpaired) electrons. The number of methoxy groups -OCH3 is 1. The maximum absolute atomic E-state index is 12.4. The van der Waals surface area contributed by atoms with E-state index in [2.05, 4.69) is 17.4 Å². The number of nitro groups is 1. The summed E-state index contributed by atoms with van der Waals surface area (Å²) in [7, 11) is 1.43. The molecule has 2 rings (SSSR count). The van der Waals surface area contributed by atoms with Gasteiger partial charge in [-0.1, -0.05) is 30.3 Å². The Kier molecular flexibility index (Phi) is 7.16. The first-order valence-electron chi connectivity index (χ1n) is 8.74. The van der Waals surface area contributed by atoms with Crippen LogP contribution in [0.3, 0.4) is 0 Å². The highest BCUT2D eigenvalue weighted by molar-refractivity contribution is 5.81. The van der Waals surface area contributed by atoms with Crippen molar-refractivity contribution in [1.82, 2.24) is 5.32 Å². The zero-order chi connectivity index (χ0) is 19.8. The molecule has 0 aliphatic rings. The predicted molar refractivity (Wildman–Crippen MR) is 102 cm³/mol. The fraction of sp³-hybridized carbons (Fsp3) is 0.350. The van der Waals surface area contributed by atoms with E-state index in [1.165, 1.54) is 30.9 Å². The Morgan fingerprint density at radius 2 is 1.85 bits per heavy atom. The standard InChI is InChI=1S/C20H24N2O5/c1-14(9-10-16-7-5-4-6-8-16)21-20(23)15(2)27-19-13-17(22(24)25)11-12-18(19)26-3/h4-8,11-15H,9-10H2,1-3H3,(H,21,23)/t14-,15+/m0/s1. The monoisotopic (exact) mass is 372 g/mol. The molecular formula is C20H24N2O5. The van der Waals surface area contributed by atoms with E-state index < -0.39 is 11.0 Å². The average molecular weight is 372 g/mol. The number of carbonyl (C=O) groups is 1. The van der Waals surface area contributed by atoms with Crippen molar-refractivity contribution in [1.29, 1.82) is 0 Å². The van der Waals surface area contributed by atoms with Gasteiger partial charge in [-0.25, -0.2) is 0 Å². The molecule has 1 amide bonds. The van der Waals surface area contributed by atoms with Gasteiger partial charge < -0.3 is 14.8 Å². The number of nitro benzene ring substituents is 1. The third-order valence-electron chi connectivity index (χ3n) is 4.13. The Hall–Kier alpha value is -3.09. The summed E-state index contributed by atoms with van der Waals surface area (Å²) in [6.45, 7) is 3.53.